The molecule has 0 amide bonds. The molecule has 1 heterocycles. The van der Waals surface area contributed by atoms with Gasteiger partial charge in [0.05, 0.1) is 15.8 Å². The molecule has 5 nitrogen and oxygen atoms in total. The van der Waals surface area contributed by atoms with Gasteiger partial charge in [-0.2, -0.15) is 0 Å². The molecule has 1 atom stereocenters. The summed E-state index contributed by atoms with van der Waals surface area (Å²) in [5.41, 5.74) is 1.31. The smallest absolute Gasteiger partial charge is 0.278 e. The summed E-state index contributed by atoms with van der Waals surface area (Å²) >= 11 is 0. The predicted octanol–water partition coefficient (Wildman–Crippen LogP) is 3.47. The van der Waals surface area contributed by atoms with Gasteiger partial charge in [0.15, 0.2) is 0 Å². The first kappa shape index (κ1) is 14.1. The van der Waals surface area contributed by atoms with E-state index in [0.29, 0.717) is 10.9 Å². The molecule has 0 spiro atoms. The lowest BCUT2D eigenvalue weighted by atomic mass is 9.84. The third-order valence-corrected chi connectivity index (χ3v) is 3.41. The van der Waals surface area contributed by atoms with Crippen molar-refractivity contribution in [3.63, 3.8) is 0 Å². The Morgan fingerprint density at radius 3 is 2.55 bits per heavy atom. The quantitative estimate of drug-likeness (QED) is 0.631. The van der Waals surface area contributed by atoms with Crippen molar-refractivity contribution in [2.45, 2.75) is 26.7 Å². The van der Waals surface area contributed by atoms with Crippen LogP contribution in [0.3, 0.4) is 0 Å². The first-order chi connectivity index (χ1) is 9.43. The van der Waals surface area contributed by atoms with Crippen LogP contribution in [-0.2, 0) is 4.79 Å². The number of pyridine rings is 1. The van der Waals surface area contributed by atoms with E-state index in [1.54, 1.807) is 31.3 Å². The average Bonchev–Trinajstić information content (AvgIpc) is 2.37. The Morgan fingerprint density at radius 1 is 1.30 bits per heavy atom. The maximum atomic E-state index is 11.9. The molecule has 0 bridgehead atoms. The number of benzene rings is 1. The van der Waals surface area contributed by atoms with E-state index in [1.807, 2.05) is 13.8 Å². The molecule has 2 rings (SSSR count). The summed E-state index contributed by atoms with van der Waals surface area (Å²) in [5, 5.41) is 11.5. The SMILES string of the molecule is CC(=O)C(c1ccc([N+](=O)[O-])c2cccnc12)C(C)C. The van der Waals surface area contributed by atoms with Crippen LogP contribution >= 0.6 is 0 Å². The Morgan fingerprint density at radius 2 is 2.00 bits per heavy atom. The van der Waals surface area contributed by atoms with Gasteiger partial charge in [0, 0.05) is 18.2 Å². The number of aromatic nitrogens is 1. The van der Waals surface area contributed by atoms with Crippen LogP contribution in [-0.4, -0.2) is 15.7 Å². The molecule has 2 aromatic rings. The van der Waals surface area contributed by atoms with E-state index < -0.39 is 4.92 Å². The molecule has 20 heavy (non-hydrogen) atoms. The van der Waals surface area contributed by atoms with Crippen LogP contribution in [0.1, 0.15) is 32.3 Å². The molecule has 1 unspecified atom stereocenters. The number of nitrogens with zero attached hydrogens (tertiary/aromatic N) is 2. The fraction of sp³-hybridized carbons (Fsp3) is 0.333. The third kappa shape index (κ3) is 2.39. The summed E-state index contributed by atoms with van der Waals surface area (Å²) in [6.07, 6.45) is 1.59. The molecule has 0 N–H and O–H groups in total. The van der Waals surface area contributed by atoms with Crippen molar-refractivity contribution in [1.82, 2.24) is 4.98 Å². The molecule has 0 aliphatic heterocycles. The number of non-ortho nitro benzene ring substituents is 1. The third-order valence-electron chi connectivity index (χ3n) is 3.41. The lowest BCUT2D eigenvalue weighted by molar-refractivity contribution is -0.383. The van der Waals surface area contributed by atoms with Gasteiger partial charge in [-0.1, -0.05) is 13.8 Å². The highest BCUT2D eigenvalue weighted by molar-refractivity contribution is 5.95. The van der Waals surface area contributed by atoms with Crippen molar-refractivity contribution in [3.05, 3.63) is 46.1 Å². The first-order valence-electron chi connectivity index (χ1n) is 6.46. The lowest BCUT2D eigenvalue weighted by Gasteiger charge is -2.19. The zero-order chi connectivity index (χ0) is 14.9. The van der Waals surface area contributed by atoms with E-state index in [0.717, 1.165) is 5.56 Å². The average molecular weight is 272 g/mol. The summed E-state index contributed by atoms with van der Waals surface area (Å²) in [6.45, 7) is 5.46. The molecule has 0 fully saturated rings. The van der Waals surface area contributed by atoms with Gasteiger partial charge >= 0.3 is 0 Å². The molecule has 0 radical (unpaired) electrons. The molecule has 1 aromatic carbocycles. The van der Waals surface area contributed by atoms with E-state index in [1.165, 1.54) is 6.07 Å². The number of nitro groups is 1. The largest absolute Gasteiger partial charge is 0.299 e. The van der Waals surface area contributed by atoms with Crippen molar-refractivity contribution in [2.24, 2.45) is 5.92 Å². The number of fused-ring (bicyclic) bond motifs is 1. The van der Waals surface area contributed by atoms with Gasteiger partial charge in [0.25, 0.3) is 5.69 Å². The van der Waals surface area contributed by atoms with Crippen LogP contribution in [0, 0.1) is 16.0 Å². The van der Waals surface area contributed by atoms with Gasteiger partial charge in [0.2, 0.25) is 0 Å². The van der Waals surface area contributed by atoms with Gasteiger partial charge in [-0.15, -0.1) is 0 Å². The summed E-state index contributed by atoms with van der Waals surface area (Å²) < 4.78 is 0. The molecule has 0 saturated carbocycles. The molecule has 0 aliphatic rings. The van der Waals surface area contributed by atoms with Crippen LogP contribution in [0.4, 0.5) is 5.69 Å². The van der Waals surface area contributed by atoms with Gasteiger partial charge < -0.3 is 0 Å². The molecule has 0 aliphatic carbocycles. The van der Waals surface area contributed by atoms with Gasteiger partial charge in [-0.25, -0.2) is 0 Å². The van der Waals surface area contributed by atoms with E-state index in [2.05, 4.69) is 4.98 Å². The van der Waals surface area contributed by atoms with Crippen molar-refractivity contribution < 1.29 is 9.72 Å². The van der Waals surface area contributed by atoms with Crippen LogP contribution in [0.5, 0.6) is 0 Å². The van der Waals surface area contributed by atoms with Crippen molar-refractivity contribution >= 4 is 22.4 Å². The standard InChI is InChI=1S/C15H16N2O3/c1-9(2)14(10(3)18)12-6-7-13(17(19)20)11-5-4-8-16-15(11)12/h4-9,14H,1-3H3. The second kappa shape index (κ2) is 5.36. The summed E-state index contributed by atoms with van der Waals surface area (Å²) in [4.78, 5) is 26.8. The van der Waals surface area contributed by atoms with E-state index in [-0.39, 0.29) is 23.3 Å². The summed E-state index contributed by atoms with van der Waals surface area (Å²) in [7, 11) is 0. The Hall–Kier alpha value is -2.30. The highest BCUT2D eigenvalue weighted by atomic mass is 16.6. The second-order valence-electron chi connectivity index (χ2n) is 5.16. The van der Waals surface area contributed by atoms with E-state index >= 15 is 0 Å². The number of Topliss-reactive ketones (excluding diaryl/α,β-unsaturated/α-hetero) is 1. The first-order valence-corrected chi connectivity index (χ1v) is 6.46. The molecular formula is C15H16N2O3. The fourth-order valence-electron chi connectivity index (χ4n) is 2.64. The second-order valence-corrected chi connectivity index (χ2v) is 5.16. The Labute approximate surface area is 116 Å². The monoisotopic (exact) mass is 272 g/mol. The number of nitro benzene ring substituents is 1. The fourth-order valence-corrected chi connectivity index (χ4v) is 2.64. The van der Waals surface area contributed by atoms with E-state index in [4.69, 9.17) is 0 Å². The topological polar surface area (TPSA) is 73.1 Å². The molecule has 0 saturated heterocycles. The highest BCUT2D eigenvalue weighted by Crippen LogP contribution is 2.34. The van der Waals surface area contributed by atoms with Gasteiger partial charge in [0.1, 0.15) is 5.78 Å². The molecular weight excluding hydrogens is 256 g/mol. The lowest BCUT2D eigenvalue weighted by Crippen LogP contribution is -2.16. The predicted molar refractivity (Wildman–Crippen MR) is 76.7 cm³/mol. The van der Waals surface area contributed by atoms with Crippen molar-refractivity contribution in [1.29, 1.82) is 0 Å². The van der Waals surface area contributed by atoms with Crippen molar-refractivity contribution in [2.75, 3.05) is 0 Å². The number of carbonyl (C=O) groups excluding carboxylic acids is 1. The number of rotatable bonds is 4. The maximum Gasteiger partial charge on any atom is 0.278 e. The number of hydrogen-bond acceptors (Lipinski definition) is 4. The zero-order valence-electron chi connectivity index (χ0n) is 11.7. The van der Waals surface area contributed by atoms with Gasteiger partial charge in [-0.05, 0) is 36.6 Å². The van der Waals surface area contributed by atoms with Crippen molar-refractivity contribution in [3.8, 4) is 0 Å². The van der Waals surface area contributed by atoms with E-state index in [9.17, 15) is 14.9 Å². The number of carbonyl (C=O) groups is 1. The minimum Gasteiger partial charge on any atom is -0.299 e. The minimum absolute atomic E-state index is 0.0166. The minimum atomic E-state index is -0.425. The zero-order valence-corrected chi connectivity index (χ0v) is 11.7. The molecule has 104 valence electrons. The highest BCUT2D eigenvalue weighted by Gasteiger charge is 2.25. The van der Waals surface area contributed by atoms with Crippen LogP contribution in [0.25, 0.3) is 10.9 Å². The Balaban J connectivity index is 2.76. The Bertz CT molecular complexity index is 680. The molecule has 1 aromatic heterocycles. The summed E-state index contributed by atoms with van der Waals surface area (Å²) in [6, 6.07) is 6.44. The molecule has 5 heteroatoms. The number of ketones is 1. The van der Waals surface area contributed by atoms with Crippen LogP contribution < -0.4 is 0 Å². The Kier molecular flexibility index (Phi) is 3.79. The normalized spacial score (nSPS) is 12.6. The van der Waals surface area contributed by atoms with Crippen LogP contribution in [0.2, 0.25) is 0 Å². The van der Waals surface area contributed by atoms with Gasteiger partial charge in [-0.3, -0.25) is 19.9 Å². The maximum absolute atomic E-state index is 11.9. The number of hydrogen-bond donors (Lipinski definition) is 0. The summed E-state index contributed by atoms with van der Waals surface area (Å²) in [5.74, 6) is -0.145. The van der Waals surface area contributed by atoms with Crippen LogP contribution in [0.15, 0.2) is 30.5 Å².